The van der Waals surface area contributed by atoms with Gasteiger partial charge >= 0.3 is 0 Å². The summed E-state index contributed by atoms with van der Waals surface area (Å²) in [4.78, 5) is 4.76. The molecule has 2 aromatic carbocycles. The van der Waals surface area contributed by atoms with E-state index >= 15 is 0 Å². The second-order valence-corrected chi connectivity index (χ2v) is 8.52. The van der Waals surface area contributed by atoms with Crippen molar-refractivity contribution < 1.29 is 17.5 Å². The molecule has 0 aliphatic rings. The molecule has 0 aliphatic heterocycles. The highest BCUT2D eigenvalue weighted by molar-refractivity contribution is 7.98. The number of nitrogens with zero attached hydrogens (tertiary/aromatic N) is 1. The van der Waals surface area contributed by atoms with Gasteiger partial charge in [-0.2, -0.15) is 0 Å². The zero-order valence-corrected chi connectivity index (χ0v) is 16.4. The third kappa shape index (κ3) is 3.39. The van der Waals surface area contributed by atoms with Crippen molar-refractivity contribution in [3.63, 3.8) is 0 Å². The summed E-state index contributed by atoms with van der Waals surface area (Å²) in [6.45, 7) is 1.99. The van der Waals surface area contributed by atoms with Gasteiger partial charge in [-0.25, -0.2) is 12.8 Å². The van der Waals surface area contributed by atoms with Crippen molar-refractivity contribution in [2.45, 2.75) is 21.6 Å². The van der Waals surface area contributed by atoms with Crippen LogP contribution < -0.4 is 4.74 Å². The maximum Gasteiger partial charge on any atom is 0.209 e. The van der Waals surface area contributed by atoms with Gasteiger partial charge in [-0.05, 0) is 49.6 Å². The first kappa shape index (κ1) is 18.9. The summed E-state index contributed by atoms with van der Waals surface area (Å²) >= 11 is 7.89. The highest BCUT2D eigenvalue weighted by Crippen LogP contribution is 2.35. The van der Waals surface area contributed by atoms with Gasteiger partial charge in [0.05, 0.1) is 22.0 Å². The van der Waals surface area contributed by atoms with Gasteiger partial charge in [-0.15, -0.1) is 11.8 Å². The Kier molecular flexibility index (Phi) is 5.41. The number of sulfone groups is 1. The molecule has 0 spiro atoms. The molecular weight excluding hydrogens is 397 g/mol. The lowest BCUT2D eigenvalue weighted by atomic mass is 10.2. The van der Waals surface area contributed by atoms with Crippen molar-refractivity contribution in [3.8, 4) is 5.75 Å². The quantitative estimate of drug-likeness (QED) is 0.554. The molecule has 0 N–H and O–H groups in total. The number of aromatic nitrogens is 1. The molecule has 0 fully saturated rings. The van der Waals surface area contributed by atoms with Crippen molar-refractivity contribution in [1.29, 1.82) is 0 Å². The normalized spacial score (nSPS) is 11.7. The van der Waals surface area contributed by atoms with E-state index in [2.05, 4.69) is 4.98 Å². The standard InChI is InChI=1S/C18H15ClFNO3S2/c1-3-24-16-7-5-12(9-14(16)20)26(22,23)17-10-21-15-6-4-11(25-2)8-13(15)18(17)19/h4-10H,3H2,1-2H3. The summed E-state index contributed by atoms with van der Waals surface area (Å²) < 4.78 is 45.1. The fourth-order valence-electron chi connectivity index (χ4n) is 2.48. The second kappa shape index (κ2) is 7.42. The fourth-order valence-corrected chi connectivity index (χ4v) is 4.73. The Morgan fingerprint density at radius 2 is 2.00 bits per heavy atom. The molecule has 26 heavy (non-hydrogen) atoms. The molecule has 0 amide bonds. The first-order chi connectivity index (χ1) is 12.4. The first-order valence-electron chi connectivity index (χ1n) is 7.68. The summed E-state index contributed by atoms with van der Waals surface area (Å²) in [6, 6.07) is 8.96. The second-order valence-electron chi connectivity index (χ2n) is 5.35. The van der Waals surface area contributed by atoms with E-state index in [0.717, 1.165) is 11.0 Å². The van der Waals surface area contributed by atoms with Crippen LogP contribution in [0.15, 0.2) is 57.3 Å². The van der Waals surface area contributed by atoms with Crippen LogP contribution in [0, 0.1) is 5.82 Å². The van der Waals surface area contributed by atoms with Gasteiger partial charge in [0, 0.05) is 16.5 Å². The van der Waals surface area contributed by atoms with Gasteiger partial charge in [-0.3, -0.25) is 4.98 Å². The van der Waals surface area contributed by atoms with Gasteiger partial charge < -0.3 is 4.74 Å². The lowest BCUT2D eigenvalue weighted by Gasteiger charge is -2.11. The van der Waals surface area contributed by atoms with Gasteiger partial charge in [0.25, 0.3) is 0 Å². The van der Waals surface area contributed by atoms with Crippen molar-refractivity contribution in [3.05, 3.63) is 53.4 Å². The molecule has 8 heteroatoms. The van der Waals surface area contributed by atoms with Crippen LogP contribution in [0.3, 0.4) is 0 Å². The number of halogens is 2. The zero-order chi connectivity index (χ0) is 18.9. The van der Waals surface area contributed by atoms with E-state index in [1.165, 1.54) is 30.1 Å². The number of thioether (sulfide) groups is 1. The number of ether oxygens (including phenoxy) is 1. The van der Waals surface area contributed by atoms with Crippen LogP contribution in [0.2, 0.25) is 5.02 Å². The zero-order valence-electron chi connectivity index (χ0n) is 14.0. The Morgan fingerprint density at radius 3 is 2.65 bits per heavy atom. The molecule has 136 valence electrons. The summed E-state index contributed by atoms with van der Waals surface area (Å²) in [6.07, 6.45) is 3.11. The SMILES string of the molecule is CCOc1ccc(S(=O)(=O)c2cnc3ccc(SC)cc3c2Cl)cc1F. The van der Waals surface area contributed by atoms with E-state index in [4.69, 9.17) is 16.3 Å². The molecule has 3 aromatic rings. The molecule has 0 unspecified atom stereocenters. The molecule has 1 aromatic heterocycles. The summed E-state index contributed by atoms with van der Waals surface area (Å²) in [7, 11) is -4.03. The van der Waals surface area contributed by atoms with Crippen molar-refractivity contribution in [2.24, 2.45) is 0 Å². The number of pyridine rings is 1. The molecule has 4 nitrogen and oxygen atoms in total. The van der Waals surface area contributed by atoms with E-state index in [1.807, 2.05) is 12.3 Å². The van der Waals surface area contributed by atoms with Gasteiger partial charge in [-0.1, -0.05) is 11.6 Å². The highest BCUT2D eigenvalue weighted by Gasteiger charge is 2.24. The minimum absolute atomic E-state index is 0.00111. The van der Waals surface area contributed by atoms with E-state index in [1.54, 1.807) is 19.1 Å². The van der Waals surface area contributed by atoms with E-state index < -0.39 is 15.7 Å². The smallest absolute Gasteiger partial charge is 0.209 e. The van der Waals surface area contributed by atoms with Crippen LogP contribution in [-0.2, 0) is 9.84 Å². The molecule has 0 saturated carbocycles. The number of benzene rings is 2. The molecule has 1 heterocycles. The Labute approximate surface area is 160 Å². The van der Waals surface area contributed by atoms with E-state index in [-0.39, 0.29) is 27.2 Å². The third-order valence-corrected chi connectivity index (χ3v) is 6.79. The number of hydrogen-bond acceptors (Lipinski definition) is 5. The lowest BCUT2D eigenvalue weighted by Crippen LogP contribution is -2.05. The maximum absolute atomic E-state index is 14.1. The molecule has 3 rings (SSSR count). The van der Waals surface area contributed by atoms with Crippen molar-refractivity contribution in [1.82, 2.24) is 4.98 Å². The third-order valence-electron chi connectivity index (χ3n) is 3.78. The van der Waals surface area contributed by atoms with Crippen LogP contribution >= 0.6 is 23.4 Å². The number of hydrogen-bond donors (Lipinski definition) is 0. The van der Waals surface area contributed by atoms with E-state index in [0.29, 0.717) is 10.9 Å². The predicted molar refractivity (Wildman–Crippen MR) is 102 cm³/mol. The van der Waals surface area contributed by atoms with Crippen molar-refractivity contribution >= 4 is 44.1 Å². The fraction of sp³-hybridized carbons (Fsp3) is 0.167. The lowest BCUT2D eigenvalue weighted by molar-refractivity contribution is 0.321. The molecule has 0 aliphatic carbocycles. The largest absolute Gasteiger partial charge is 0.491 e. The average Bonchev–Trinajstić information content (AvgIpc) is 2.63. The number of fused-ring (bicyclic) bond motifs is 1. The summed E-state index contributed by atoms with van der Waals surface area (Å²) in [5.41, 5.74) is 0.588. The molecule has 0 atom stereocenters. The Balaban J connectivity index is 2.15. The van der Waals surface area contributed by atoms with Crippen molar-refractivity contribution in [2.75, 3.05) is 12.9 Å². The highest BCUT2D eigenvalue weighted by atomic mass is 35.5. The first-order valence-corrected chi connectivity index (χ1v) is 10.8. The molecular formula is C18H15ClFNO3S2. The van der Waals surface area contributed by atoms with Gasteiger partial charge in [0.15, 0.2) is 11.6 Å². The minimum atomic E-state index is -4.03. The van der Waals surface area contributed by atoms with Crippen LogP contribution in [0.25, 0.3) is 10.9 Å². The molecule has 0 bridgehead atoms. The Morgan fingerprint density at radius 1 is 1.23 bits per heavy atom. The van der Waals surface area contributed by atoms with Crippen LogP contribution in [0.5, 0.6) is 5.75 Å². The Bertz CT molecular complexity index is 1090. The van der Waals surface area contributed by atoms with Crippen LogP contribution in [-0.4, -0.2) is 26.3 Å². The van der Waals surface area contributed by atoms with Crippen LogP contribution in [0.4, 0.5) is 4.39 Å². The topological polar surface area (TPSA) is 56.3 Å². The minimum Gasteiger partial charge on any atom is -0.491 e. The monoisotopic (exact) mass is 411 g/mol. The van der Waals surface area contributed by atoms with E-state index in [9.17, 15) is 12.8 Å². The van der Waals surface area contributed by atoms with Crippen LogP contribution in [0.1, 0.15) is 6.92 Å². The molecule has 0 radical (unpaired) electrons. The molecule has 0 saturated heterocycles. The number of rotatable bonds is 5. The van der Waals surface area contributed by atoms with Gasteiger partial charge in [0.2, 0.25) is 9.84 Å². The summed E-state index contributed by atoms with van der Waals surface area (Å²) in [5, 5.41) is 0.603. The maximum atomic E-state index is 14.1. The predicted octanol–water partition coefficient (Wildman–Crippen LogP) is 4.98. The summed E-state index contributed by atoms with van der Waals surface area (Å²) in [5.74, 6) is -0.749. The average molecular weight is 412 g/mol. The Hall–Kier alpha value is -1.83. The van der Waals surface area contributed by atoms with Gasteiger partial charge in [0.1, 0.15) is 4.90 Å².